The molecular formula is C14H23NO2. The van der Waals surface area contributed by atoms with Crippen LogP contribution in [-0.2, 0) is 0 Å². The van der Waals surface area contributed by atoms with Gasteiger partial charge in [-0.15, -0.1) is 0 Å². The molecule has 1 unspecified atom stereocenters. The first-order valence-corrected chi connectivity index (χ1v) is 6.05. The van der Waals surface area contributed by atoms with E-state index < -0.39 is 0 Å². The van der Waals surface area contributed by atoms with Crippen LogP contribution in [0, 0.1) is 6.92 Å². The van der Waals surface area contributed by atoms with Crippen molar-refractivity contribution in [2.75, 3.05) is 27.8 Å². The molecule has 1 aromatic rings. The minimum Gasteiger partial charge on any atom is -0.497 e. The lowest BCUT2D eigenvalue weighted by atomic mass is 9.91. The van der Waals surface area contributed by atoms with Crippen LogP contribution in [0.3, 0.4) is 0 Å². The summed E-state index contributed by atoms with van der Waals surface area (Å²) in [5, 5.41) is 3.24. The highest BCUT2D eigenvalue weighted by Crippen LogP contribution is 2.35. The number of ether oxygens (including phenoxy) is 2. The molecule has 0 bridgehead atoms. The molecule has 0 heterocycles. The number of likely N-dealkylation sites (N-methyl/N-ethyl adjacent to an activating group) is 1. The van der Waals surface area contributed by atoms with E-state index in [1.54, 1.807) is 14.2 Å². The van der Waals surface area contributed by atoms with E-state index in [1.807, 2.05) is 13.1 Å². The number of methoxy groups -OCH3 is 2. The van der Waals surface area contributed by atoms with Crippen LogP contribution in [0.2, 0.25) is 0 Å². The molecule has 1 rings (SSSR count). The Morgan fingerprint density at radius 2 is 1.94 bits per heavy atom. The Hall–Kier alpha value is -1.22. The van der Waals surface area contributed by atoms with Crippen LogP contribution in [0.1, 0.15) is 30.4 Å². The molecule has 1 atom stereocenters. The van der Waals surface area contributed by atoms with Gasteiger partial charge in [-0.05, 0) is 37.9 Å². The van der Waals surface area contributed by atoms with Gasteiger partial charge in [-0.1, -0.05) is 6.92 Å². The molecule has 3 heteroatoms. The zero-order valence-corrected chi connectivity index (χ0v) is 11.5. The Labute approximate surface area is 104 Å². The van der Waals surface area contributed by atoms with E-state index in [4.69, 9.17) is 9.47 Å². The quantitative estimate of drug-likeness (QED) is 0.825. The Morgan fingerprint density at radius 3 is 2.41 bits per heavy atom. The van der Waals surface area contributed by atoms with Crippen LogP contribution < -0.4 is 14.8 Å². The second kappa shape index (κ2) is 6.50. The lowest BCUT2D eigenvalue weighted by Gasteiger charge is -2.21. The second-order valence-corrected chi connectivity index (χ2v) is 4.22. The molecular weight excluding hydrogens is 214 g/mol. The van der Waals surface area contributed by atoms with E-state index in [0.717, 1.165) is 24.5 Å². The van der Waals surface area contributed by atoms with E-state index in [9.17, 15) is 0 Å². The maximum Gasteiger partial charge on any atom is 0.126 e. The van der Waals surface area contributed by atoms with Crippen molar-refractivity contribution in [1.29, 1.82) is 0 Å². The molecule has 0 spiro atoms. The number of aryl methyl sites for hydroxylation is 1. The van der Waals surface area contributed by atoms with Crippen molar-refractivity contribution in [2.24, 2.45) is 0 Å². The van der Waals surface area contributed by atoms with Crippen molar-refractivity contribution in [1.82, 2.24) is 5.32 Å². The van der Waals surface area contributed by atoms with Crippen molar-refractivity contribution in [3.8, 4) is 11.5 Å². The average molecular weight is 237 g/mol. The summed E-state index contributed by atoms with van der Waals surface area (Å²) < 4.78 is 10.8. The van der Waals surface area contributed by atoms with E-state index in [1.165, 1.54) is 11.1 Å². The minimum absolute atomic E-state index is 0.473. The second-order valence-electron chi connectivity index (χ2n) is 4.22. The van der Waals surface area contributed by atoms with Gasteiger partial charge in [0.05, 0.1) is 14.2 Å². The zero-order valence-electron chi connectivity index (χ0n) is 11.5. The first kappa shape index (κ1) is 13.8. The van der Waals surface area contributed by atoms with Gasteiger partial charge < -0.3 is 14.8 Å². The third-order valence-corrected chi connectivity index (χ3v) is 3.13. The minimum atomic E-state index is 0.473. The van der Waals surface area contributed by atoms with Crippen LogP contribution >= 0.6 is 0 Å². The molecule has 0 saturated heterocycles. The summed E-state index contributed by atoms with van der Waals surface area (Å²) in [7, 11) is 5.37. The fraction of sp³-hybridized carbons (Fsp3) is 0.571. The fourth-order valence-electron chi connectivity index (χ4n) is 2.24. The van der Waals surface area contributed by atoms with E-state index in [0.29, 0.717) is 5.92 Å². The van der Waals surface area contributed by atoms with Gasteiger partial charge in [-0.2, -0.15) is 0 Å². The van der Waals surface area contributed by atoms with Crippen molar-refractivity contribution in [3.05, 3.63) is 23.3 Å². The summed E-state index contributed by atoms with van der Waals surface area (Å²) in [6.45, 7) is 5.27. The molecule has 0 saturated carbocycles. The molecule has 1 N–H and O–H groups in total. The molecule has 0 aliphatic heterocycles. The van der Waals surface area contributed by atoms with Crippen LogP contribution in [0.25, 0.3) is 0 Å². The standard InChI is InChI=1S/C14H23NO2/c1-6-11(9-15-3)14-10(2)7-12(16-4)8-13(14)17-5/h7-8,11,15H,6,9H2,1-5H3. The Balaban J connectivity index is 3.20. The topological polar surface area (TPSA) is 30.5 Å². The van der Waals surface area contributed by atoms with Crippen LogP contribution in [0.4, 0.5) is 0 Å². The summed E-state index contributed by atoms with van der Waals surface area (Å²) in [5.41, 5.74) is 2.51. The lowest BCUT2D eigenvalue weighted by molar-refractivity contribution is 0.386. The maximum atomic E-state index is 5.49. The molecule has 17 heavy (non-hydrogen) atoms. The summed E-state index contributed by atoms with van der Waals surface area (Å²) in [6, 6.07) is 4.02. The fourth-order valence-corrected chi connectivity index (χ4v) is 2.24. The summed E-state index contributed by atoms with van der Waals surface area (Å²) in [4.78, 5) is 0. The van der Waals surface area contributed by atoms with Crippen LogP contribution in [0.5, 0.6) is 11.5 Å². The van der Waals surface area contributed by atoms with Crippen molar-refractivity contribution < 1.29 is 9.47 Å². The van der Waals surface area contributed by atoms with E-state index in [-0.39, 0.29) is 0 Å². The number of hydrogen-bond donors (Lipinski definition) is 1. The van der Waals surface area contributed by atoms with Gasteiger partial charge in [0, 0.05) is 18.2 Å². The van der Waals surface area contributed by atoms with Gasteiger partial charge in [-0.3, -0.25) is 0 Å². The third kappa shape index (κ3) is 3.13. The predicted molar refractivity (Wildman–Crippen MR) is 71.2 cm³/mol. The predicted octanol–water partition coefficient (Wildman–Crippen LogP) is 2.73. The monoisotopic (exact) mass is 237 g/mol. The summed E-state index contributed by atoms with van der Waals surface area (Å²) in [6.07, 6.45) is 1.09. The molecule has 0 radical (unpaired) electrons. The average Bonchev–Trinajstić information content (AvgIpc) is 2.35. The maximum absolute atomic E-state index is 5.49. The van der Waals surface area contributed by atoms with E-state index in [2.05, 4.69) is 25.2 Å². The molecule has 96 valence electrons. The number of rotatable bonds is 6. The molecule has 0 amide bonds. The zero-order chi connectivity index (χ0) is 12.8. The van der Waals surface area contributed by atoms with Gasteiger partial charge in [0.2, 0.25) is 0 Å². The largest absolute Gasteiger partial charge is 0.497 e. The summed E-state index contributed by atoms with van der Waals surface area (Å²) >= 11 is 0. The van der Waals surface area contributed by atoms with E-state index >= 15 is 0 Å². The van der Waals surface area contributed by atoms with Crippen molar-refractivity contribution in [3.63, 3.8) is 0 Å². The molecule has 0 aliphatic rings. The van der Waals surface area contributed by atoms with Crippen LogP contribution in [-0.4, -0.2) is 27.8 Å². The lowest BCUT2D eigenvalue weighted by Crippen LogP contribution is -2.18. The van der Waals surface area contributed by atoms with Crippen molar-refractivity contribution >= 4 is 0 Å². The Bertz CT molecular complexity index is 363. The molecule has 0 fully saturated rings. The van der Waals surface area contributed by atoms with Gasteiger partial charge in [-0.25, -0.2) is 0 Å². The van der Waals surface area contributed by atoms with Gasteiger partial charge in [0.15, 0.2) is 0 Å². The number of nitrogens with one attached hydrogen (secondary N) is 1. The molecule has 1 aromatic carbocycles. The smallest absolute Gasteiger partial charge is 0.126 e. The normalized spacial score (nSPS) is 12.3. The first-order chi connectivity index (χ1) is 8.17. The molecule has 0 aliphatic carbocycles. The summed E-state index contributed by atoms with van der Waals surface area (Å²) in [5.74, 6) is 2.24. The number of benzene rings is 1. The van der Waals surface area contributed by atoms with Gasteiger partial charge >= 0.3 is 0 Å². The highest BCUT2D eigenvalue weighted by molar-refractivity contribution is 5.48. The van der Waals surface area contributed by atoms with Gasteiger partial charge in [0.25, 0.3) is 0 Å². The highest BCUT2D eigenvalue weighted by Gasteiger charge is 2.17. The van der Waals surface area contributed by atoms with Crippen molar-refractivity contribution in [2.45, 2.75) is 26.2 Å². The Morgan fingerprint density at radius 1 is 1.24 bits per heavy atom. The third-order valence-electron chi connectivity index (χ3n) is 3.13. The molecule has 3 nitrogen and oxygen atoms in total. The SMILES string of the molecule is CCC(CNC)c1c(C)cc(OC)cc1OC. The molecule has 0 aromatic heterocycles. The first-order valence-electron chi connectivity index (χ1n) is 6.05. The van der Waals surface area contributed by atoms with Crippen LogP contribution in [0.15, 0.2) is 12.1 Å². The highest BCUT2D eigenvalue weighted by atomic mass is 16.5. The Kier molecular flexibility index (Phi) is 5.29. The van der Waals surface area contributed by atoms with Gasteiger partial charge in [0.1, 0.15) is 11.5 Å². The number of hydrogen-bond acceptors (Lipinski definition) is 3.